The molecule has 0 aliphatic rings. The predicted octanol–water partition coefficient (Wildman–Crippen LogP) is 1.09. The first-order chi connectivity index (χ1) is 10.5. The number of aromatic nitrogens is 3. The Bertz CT molecular complexity index is 885. The molecular weight excluding hydrogens is 304 g/mol. The zero-order chi connectivity index (χ0) is 15.7. The number of hydrogen-bond acceptors (Lipinski definition) is 6. The Kier molecular flexibility index (Phi) is 3.60. The van der Waals surface area contributed by atoms with Crippen molar-refractivity contribution in [3.8, 4) is 17.1 Å². The molecule has 0 spiro atoms. The summed E-state index contributed by atoms with van der Waals surface area (Å²) in [6.45, 7) is 3.32. The van der Waals surface area contributed by atoms with Gasteiger partial charge in [0.15, 0.2) is 5.69 Å². The minimum Gasteiger partial charge on any atom is -0.862 e. The number of benzene rings is 1. The van der Waals surface area contributed by atoms with E-state index in [9.17, 15) is 9.90 Å². The summed E-state index contributed by atoms with van der Waals surface area (Å²) in [5.74, 6) is -0.339. The summed E-state index contributed by atoms with van der Waals surface area (Å²) in [4.78, 5) is 19.9. The van der Waals surface area contributed by atoms with Gasteiger partial charge in [0.25, 0.3) is 0 Å². The quantitative estimate of drug-likeness (QED) is 0.444. The average Bonchev–Trinajstić information content (AvgIpc) is 3.05. The Morgan fingerprint density at radius 2 is 2.14 bits per heavy atom. The highest BCUT2D eigenvalue weighted by molar-refractivity contribution is 7.13. The van der Waals surface area contributed by atoms with Crippen molar-refractivity contribution in [2.75, 3.05) is 0 Å². The molecule has 0 aliphatic heterocycles. The second kappa shape index (κ2) is 5.57. The highest BCUT2D eigenvalue weighted by Gasteiger charge is 2.27. The Balaban J connectivity index is 2.10. The van der Waals surface area contributed by atoms with Crippen LogP contribution in [0.25, 0.3) is 17.1 Å². The van der Waals surface area contributed by atoms with Crippen LogP contribution in [-0.4, -0.2) is 16.2 Å². The van der Waals surface area contributed by atoms with Crippen LogP contribution < -0.4 is 15.4 Å². The molecule has 3 rings (SSSR count). The number of hydrogen-bond donors (Lipinski definition) is 1. The van der Waals surface area contributed by atoms with Crippen LogP contribution in [0.3, 0.4) is 0 Å². The van der Waals surface area contributed by atoms with Gasteiger partial charge in [-0.1, -0.05) is 17.7 Å². The molecule has 0 saturated carbocycles. The van der Waals surface area contributed by atoms with Gasteiger partial charge in [0.1, 0.15) is 0 Å². The molecule has 0 radical (unpaired) electrons. The van der Waals surface area contributed by atoms with Crippen molar-refractivity contribution in [3.63, 3.8) is 0 Å². The van der Waals surface area contributed by atoms with Crippen LogP contribution in [0.5, 0.6) is 0 Å². The SMILES string of the molecule is C/C([O-])=N/c1nc(-c2c(=O)o[nH][n+]2-c2ccc(C)cc2)cs1. The lowest BCUT2D eigenvalue weighted by Crippen LogP contribution is -2.36. The van der Waals surface area contributed by atoms with Crippen LogP contribution in [0, 0.1) is 6.92 Å². The lowest BCUT2D eigenvalue weighted by molar-refractivity contribution is -0.660. The summed E-state index contributed by atoms with van der Waals surface area (Å²) in [5, 5.41) is 15.5. The monoisotopic (exact) mass is 316 g/mol. The standard InChI is InChI=1S/C14H12N4O3S/c1-8-3-5-10(6-4-8)18-12(13(20)21-17-18)11-7-22-14(16-11)15-9(2)19/h3-7H,1-2H3,(H-,15,16,17,19,20). The third-order valence-corrected chi connectivity index (χ3v) is 3.66. The molecule has 1 N–H and O–H groups in total. The Hall–Kier alpha value is -2.74. The summed E-state index contributed by atoms with van der Waals surface area (Å²) in [5.41, 5.74) is 1.96. The molecular formula is C14H12N4O3S. The summed E-state index contributed by atoms with van der Waals surface area (Å²) in [6, 6.07) is 7.57. The number of aliphatic imine (C=N–C) groups is 1. The van der Waals surface area contributed by atoms with Crippen LogP contribution in [0.2, 0.25) is 0 Å². The normalized spacial score (nSPS) is 11.8. The first-order valence-electron chi connectivity index (χ1n) is 6.43. The molecule has 8 heteroatoms. The van der Waals surface area contributed by atoms with Gasteiger partial charge in [-0.05, 0) is 29.7 Å². The van der Waals surface area contributed by atoms with E-state index in [-0.39, 0.29) is 11.6 Å². The number of aryl methyl sites for hydroxylation is 1. The van der Waals surface area contributed by atoms with Crippen LogP contribution in [0.4, 0.5) is 5.13 Å². The molecule has 0 bridgehead atoms. The van der Waals surface area contributed by atoms with E-state index in [0.717, 1.165) is 11.3 Å². The van der Waals surface area contributed by atoms with E-state index >= 15 is 0 Å². The van der Waals surface area contributed by atoms with Gasteiger partial charge in [0.05, 0.1) is 0 Å². The third kappa shape index (κ3) is 2.68. The van der Waals surface area contributed by atoms with Crippen molar-refractivity contribution in [2.24, 2.45) is 4.99 Å². The van der Waals surface area contributed by atoms with Crippen molar-refractivity contribution in [1.82, 2.24) is 10.3 Å². The fourth-order valence-corrected chi connectivity index (χ4v) is 2.64. The molecule has 112 valence electrons. The molecule has 2 heterocycles. The van der Waals surface area contributed by atoms with E-state index in [1.54, 1.807) is 5.38 Å². The van der Waals surface area contributed by atoms with Crippen molar-refractivity contribution < 1.29 is 14.3 Å². The van der Waals surface area contributed by atoms with Gasteiger partial charge in [-0.25, -0.2) is 14.8 Å². The summed E-state index contributed by atoms with van der Waals surface area (Å²) in [7, 11) is 0. The smallest absolute Gasteiger partial charge is 0.437 e. The van der Waals surface area contributed by atoms with E-state index in [2.05, 4.69) is 15.2 Å². The molecule has 0 unspecified atom stereocenters. The molecule has 0 fully saturated rings. The minimum absolute atomic E-state index is 0.255. The van der Waals surface area contributed by atoms with Gasteiger partial charge in [0.2, 0.25) is 10.8 Å². The number of aromatic amines is 1. The van der Waals surface area contributed by atoms with Crippen molar-refractivity contribution in [1.29, 1.82) is 0 Å². The van der Waals surface area contributed by atoms with Crippen LogP contribution in [0.1, 0.15) is 12.5 Å². The number of nitrogens with zero attached hydrogens (tertiary/aromatic N) is 3. The van der Waals surface area contributed by atoms with Crippen LogP contribution in [-0.2, 0) is 0 Å². The lowest BCUT2D eigenvalue weighted by Gasteiger charge is -1.97. The molecule has 1 aromatic carbocycles. The molecule has 7 nitrogen and oxygen atoms in total. The van der Waals surface area contributed by atoms with Gasteiger partial charge < -0.3 is 5.11 Å². The minimum atomic E-state index is -0.541. The maximum absolute atomic E-state index is 12.0. The zero-order valence-corrected chi connectivity index (χ0v) is 12.7. The maximum atomic E-state index is 12.0. The Morgan fingerprint density at radius 1 is 1.41 bits per heavy atom. The van der Waals surface area contributed by atoms with Crippen molar-refractivity contribution in [2.45, 2.75) is 13.8 Å². The number of rotatable bonds is 3. The Labute approximate surface area is 129 Å². The molecule has 22 heavy (non-hydrogen) atoms. The zero-order valence-electron chi connectivity index (χ0n) is 11.9. The second-order valence-corrected chi connectivity index (χ2v) is 5.48. The van der Waals surface area contributed by atoms with E-state index in [4.69, 9.17) is 4.52 Å². The highest BCUT2D eigenvalue weighted by Crippen LogP contribution is 2.23. The van der Waals surface area contributed by atoms with E-state index in [1.807, 2.05) is 31.2 Å². The number of H-pyrrole nitrogens is 1. The first kappa shape index (κ1) is 14.2. The average molecular weight is 316 g/mol. The lowest BCUT2D eigenvalue weighted by atomic mass is 10.2. The van der Waals surface area contributed by atoms with E-state index in [0.29, 0.717) is 10.8 Å². The largest absolute Gasteiger partial charge is 0.862 e. The summed E-state index contributed by atoms with van der Waals surface area (Å²) >= 11 is 1.18. The van der Waals surface area contributed by atoms with Gasteiger partial charge in [-0.3, -0.25) is 4.52 Å². The highest BCUT2D eigenvalue weighted by atomic mass is 32.1. The molecule has 3 aromatic rings. The molecule has 0 amide bonds. The first-order valence-corrected chi connectivity index (χ1v) is 7.31. The summed E-state index contributed by atoms with van der Waals surface area (Å²) < 4.78 is 6.38. The molecule has 0 aliphatic carbocycles. The number of thiazole rings is 1. The van der Waals surface area contributed by atoms with Crippen LogP contribution in [0.15, 0.2) is 44.0 Å². The van der Waals surface area contributed by atoms with Crippen molar-refractivity contribution >= 4 is 22.4 Å². The second-order valence-electron chi connectivity index (χ2n) is 4.65. The Morgan fingerprint density at radius 3 is 2.82 bits per heavy atom. The third-order valence-electron chi connectivity index (χ3n) is 2.93. The summed E-state index contributed by atoms with van der Waals surface area (Å²) in [6.07, 6.45) is 0. The molecule has 0 atom stereocenters. The van der Waals surface area contributed by atoms with Crippen molar-refractivity contribution in [3.05, 3.63) is 45.6 Å². The van der Waals surface area contributed by atoms with Gasteiger partial charge >= 0.3 is 11.3 Å². The van der Waals surface area contributed by atoms with Gasteiger partial charge in [0, 0.05) is 17.5 Å². The predicted molar refractivity (Wildman–Crippen MR) is 79.5 cm³/mol. The van der Waals surface area contributed by atoms with E-state index < -0.39 is 5.63 Å². The van der Waals surface area contributed by atoms with E-state index in [1.165, 1.54) is 22.9 Å². The fourth-order valence-electron chi connectivity index (χ4n) is 1.93. The fraction of sp³-hybridized carbons (Fsp3) is 0.143. The molecule has 0 saturated heterocycles. The van der Waals surface area contributed by atoms with Crippen LogP contribution >= 0.6 is 11.3 Å². The molecule has 2 aromatic heterocycles. The number of nitrogens with one attached hydrogen (secondary N) is 1. The van der Waals surface area contributed by atoms with Gasteiger partial charge in [-0.2, -0.15) is 0 Å². The van der Waals surface area contributed by atoms with Gasteiger partial charge in [-0.15, -0.1) is 11.3 Å². The topological polar surface area (TPSA) is 98.2 Å². The maximum Gasteiger partial charge on any atom is 0.437 e.